The molecule has 0 saturated heterocycles. The van der Waals surface area contributed by atoms with Crippen LogP contribution in [0, 0.1) is 0 Å². The van der Waals surface area contributed by atoms with Gasteiger partial charge in [-0.25, -0.2) is 4.98 Å². The Kier molecular flexibility index (Phi) is 7.07. The lowest BCUT2D eigenvalue weighted by Gasteiger charge is -2.17. The molecule has 4 rings (SSSR count). The summed E-state index contributed by atoms with van der Waals surface area (Å²) < 4.78 is 47.6. The second kappa shape index (κ2) is 10.2. The van der Waals surface area contributed by atoms with Gasteiger partial charge in [0, 0.05) is 18.7 Å². The van der Waals surface area contributed by atoms with E-state index in [1.165, 1.54) is 6.07 Å². The maximum atomic E-state index is 13.3. The van der Waals surface area contributed by atoms with Gasteiger partial charge < -0.3 is 19.7 Å². The number of rotatable bonds is 8. The average molecular weight is 483 g/mol. The van der Waals surface area contributed by atoms with Crippen molar-refractivity contribution in [1.29, 1.82) is 0 Å². The highest BCUT2D eigenvalue weighted by Crippen LogP contribution is 2.31. The number of nitrogens with one attached hydrogen (secondary N) is 1. The number of ether oxygens (including phenoxy) is 1. The van der Waals surface area contributed by atoms with Gasteiger partial charge in [-0.15, -0.1) is 0 Å². The van der Waals surface area contributed by atoms with Gasteiger partial charge in [0.15, 0.2) is 11.9 Å². The molecule has 0 aliphatic rings. The number of fused-ring (bicyclic) bond motifs is 1. The summed E-state index contributed by atoms with van der Waals surface area (Å²) in [6.07, 6.45) is -4.97. The quantitative estimate of drug-likeness (QED) is 0.371. The maximum Gasteiger partial charge on any atom is 0.416 e. The topological polar surface area (TPSA) is 76.4 Å². The van der Waals surface area contributed by atoms with Gasteiger partial charge in [-0.1, -0.05) is 30.3 Å². The molecule has 35 heavy (non-hydrogen) atoms. The van der Waals surface area contributed by atoms with Crippen molar-refractivity contribution >= 4 is 16.9 Å². The molecule has 0 fully saturated rings. The highest BCUT2D eigenvalue weighted by Gasteiger charge is 2.30. The molecule has 1 heterocycles. The Morgan fingerprint density at radius 1 is 1.09 bits per heavy atom. The Balaban J connectivity index is 1.75. The summed E-state index contributed by atoms with van der Waals surface area (Å²) in [6, 6.07) is 19.3. The predicted molar refractivity (Wildman–Crippen MR) is 125 cm³/mol. The number of para-hydroxylation sites is 1. The van der Waals surface area contributed by atoms with Crippen LogP contribution in [0.1, 0.15) is 40.3 Å². The van der Waals surface area contributed by atoms with Crippen LogP contribution in [0.15, 0.2) is 72.8 Å². The zero-order valence-electron chi connectivity index (χ0n) is 18.9. The first-order chi connectivity index (χ1) is 16.8. The standard InChI is InChI=1S/C26H24F3N3O3/c1-17(35-21-8-3-2-4-9-21)24-31-22-15-19(25(34)30-12-13-33)10-11-23(22)32(24)16-18-6-5-7-20(14-18)26(27,28)29/h2-11,14-15,17,33H,12-13,16H2,1H3,(H,30,34). The first-order valence-corrected chi connectivity index (χ1v) is 11.0. The van der Waals surface area contributed by atoms with Crippen LogP contribution in [-0.2, 0) is 12.7 Å². The van der Waals surface area contributed by atoms with Crippen LogP contribution in [0.2, 0.25) is 0 Å². The second-order valence-corrected chi connectivity index (χ2v) is 8.01. The third-order valence-electron chi connectivity index (χ3n) is 5.45. The van der Waals surface area contributed by atoms with E-state index in [0.29, 0.717) is 33.7 Å². The van der Waals surface area contributed by atoms with Gasteiger partial charge in [0.05, 0.1) is 23.2 Å². The van der Waals surface area contributed by atoms with Gasteiger partial charge in [-0.3, -0.25) is 4.79 Å². The molecular weight excluding hydrogens is 459 g/mol. The van der Waals surface area contributed by atoms with Crippen molar-refractivity contribution in [1.82, 2.24) is 14.9 Å². The largest absolute Gasteiger partial charge is 0.483 e. The van der Waals surface area contributed by atoms with Gasteiger partial charge in [0.25, 0.3) is 5.91 Å². The molecule has 0 saturated carbocycles. The minimum Gasteiger partial charge on any atom is -0.483 e. The Labute approximate surface area is 200 Å². The van der Waals surface area contributed by atoms with Gasteiger partial charge >= 0.3 is 6.18 Å². The van der Waals surface area contributed by atoms with E-state index in [-0.39, 0.29) is 25.6 Å². The Hall–Kier alpha value is -3.85. The van der Waals surface area contributed by atoms with Crippen molar-refractivity contribution in [2.45, 2.75) is 25.7 Å². The highest BCUT2D eigenvalue weighted by atomic mass is 19.4. The minimum atomic E-state index is -4.45. The fourth-order valence-corrected chi connectivity index (χ4v) is 3.82. The number of aliphatic hydroxyl groups excluding tert-OH is 1. The lowest BCUT2D eigenvalue weighted by Crippen LogP contribution is -2.26. The molecule has 1 amide bonds. The Morgan fingerprint density at radius 2 is 1.86 bits per heavy atom. The number of carbonyl (C=O) groups excluding carboxylic acids is 1. The summed E-state index contributed by atoms with van der Waals surface area (Å²) in [6.45, 7) is 1.88. The molecule has 0 aliphatic heterocycles. The fourth-order valence-electron chi connectivity index (χ4n) is 3.82. The van der Waals surface area contributed by atoms with E-state index in [0.717, 1.165) is 12.1 Å². The van der Waals surface area contributed by atoms with Crippen molar-refractivity contribution in [2.24, 2.45) is 0 Å². The summed E-state index contributed by atoms with van der Waals surface area (Å²) in [5.41, 5.74) is 1.25. The first kappa shape index (κ1) is 24.3. The van der Waals surface area contributed by atoms with E-state index in [1.54, 1.807) is 41.0 Å². The average Bonchev–Trinajstić information content (AvgIpc) is 3.20. The van der Waals surface area contributed by atoms with Gasteiger partial charge in [0.1, 0.15) is 5.75 Å². The summed E-state index contributed by atoms with van der Waals surface area (Å²) in [7, 11) is 0. The zero-order chi connectivity index (χ0) is 25.0. The van der Waals surface area contributed by atoms with Crippen molar-refractivity contribution in [3.05, 3.63) is 95.3 Å². The van der Waals surface area contributed by atoms with Crippen molar-refractivity contribution in [3.8, 4) is 5.75 Å². The number of benzene rings is 3. The normalized spacial score (nSPS) is 12.5. The lowest BCUT2D eigenvalue weighted by molar-refractivity contribution is -0.137. The number of nitrogens with zero attached hydrogens (tertiary/aromatic N) is 2. The van der Waals surface area contributed by atoms with Crippen LogP contribution in [0.3, 0.4) is 0 Å². The van der Waals surface area contributed by atoms with E-state index in [4.69, 9.17) is 9.84 Å². The predicted octanol–water partition coefficient (Wildman–Crippen LogP) is 4.97. The smallest absolute Gasteiger partial charge is 0.416 e. The highest BCUT2D eigenvalue weighted by molar-refractivity contribution is 5.97. The lowest BCUT2D eigenvalue weighted by atomic mass is 10.1. The summed E-state index contributed by atoms with van der Waals surface area (Å²) >= 11 is 0. The van der Waals surface area contributed by atoms with E-state index < -0.39 is 17.8 Å². The van der Waals surface area contributed by atoms with Gasteiger partial charge in [-0.05, 0) is 55.0 Å². The minimum absolute atomic E-state index is 0.119. The molecule has 9 heteroatoms. The summed E-state index contributed by atoms with van der Waals surface area (Å²) in [5, 5.41) is 11.5. The molecule has 4 aromatic rings. The van der Waals surface area contributed by atoms with Crippen LogP contribution in [-0.4, -0.2) is 33.7 Å². The van der Waals surface area contributed by atoms with Crippen molar-refractivity contribution in [3.63, 3.8) is 0 Å². The van der Waals surface area contributed by atoms with E-state index in [2.05, 4.69) is 10.3 Å². The maximum absolute atomic E-state index is 13.3. The van der Waals surface area contributed by atoms with Crippen LogP contribution in [0.5, 0.6) is 5.75 Å². The number of alkyl halides is 3. The number of aromatic nitrogens is 2. The third kappa shape index (κ3) is 5.63. The fraction of sp³-hybridized carbons (Fsp3) is 0.231. The van der Waals surface area contributed by atoms with Crippen LogP contribution < -0.4 is 10.1 Å². The molecule has 1 atom stereocenters. The molecule has 0 spiro atoms. The Bertz CT molecular complexity index is 1320. The number of amides is 1. The molecule has 0 bridgehead atoms. The van der Waals surface area contributed by atoms with Crippen molar-refractivity contribution < 1.29 is 27.8 Å². The Morgan fingerprint density at radius 3 is 2.57 bits per heavy atom. The molecule has 3 aromatic carbocycles. The summed E-state index contributed by atoms with van der Waals surface area (Å²) in [5.74, 6) is 0.777. The summed E-state index contributed by atoms with van der Waals surface area (Å²) in [4.78, 5) is 17.0. The number of carbonyl (C=O) groups is 1. The van der Waals surface area contributed by atoms with E-state index in [1.807, 2.05) is 25.1 Å². The van der Waals surface area contributed by atoms with Crippen LogP contribution >= 0.6 is 0 Å². The molecule has 2 N–H and O–H groups in total. The number of hydrogen-bond donors (Lipinski definition) is 2. The molecular formula is C26H24F3N3O3. The first-order valence-electron chi connectivity index (χ1n) is 11.0. The van der Waals surface area contributed by atoms with E-state index >= 15 is 0 Å². The SMILES string of the molecule is CC(Oc1ccccc1)c1nc2cc(C(=O)NCCO)ccc2n1Cc1cccc(C(F)(F)F)c1. The zero-order valence-corrected chi connectivity index (χ0v) is 18.9. The molecule has 0 radical (unpaired) electrons. The molecule has 6 nitrogen and oxygen atoms in total. The number of imidazole rings is 1. The number of aliphatic hydroxyl groups is 1. The van der Waals surface area contributed by atoms with Crippen LogP contribution in [0.25, 0.3) is 11.0 Å². The van der Waals surface area contributed by atoms with Crippen LogP contribution in [0.4, 0.5) is 13.2 Å². The van der Waals surface area contributed by atoms with Gasteiger partial charge in [0.2, 0.25) is 0 Å². The molecule has 0 aliphatic carbocycles. The number of hydrogen-bond acceptors (Lipinski definition) is 4. The second-order valence-electron chi connectivity index (χ2n) is 8.01. The third-order valence-corrected chi connectivity index (χ3v) is 5.45. The number of halogens is 3. The molecule has 1 aromatic heterocycles. The van der Waals surface area contributed by atoms with Crippen molar-refractivity contribution in [2.75, 3.05) is 13.2 Å². The molecule has 1 unspecified atom stereocenters. The molecule has 182 valence electrons. The monoisotopic (exact) mass is 483 g/mol. The van der Waals surface area contributed by atoms with E-state index in [9.17, 15) is 18.0 Å². The van der Waals surface area contributed by atoms with Gasteiger partial charge in [-0.2, -0.15) is 13.2 Å².